The highest BCUT2D eigenvalue weighted by Gasteiger charge is 2.32. The molecule has 2 amide bonds. The SMILES string of the molecule is CN(C(=O)c1ccc2c(c1)NC(=O)CO2)C1CC(N)C1. The molecule has 0 atom stereocenters. The second-order valence-electron chi connectivity index (χ2n) is 5.35. The fourth-order valence-corrected chi connectivity index (χ4v) is 2.53. The van der Waals surface area contributed by atoms with Crippen molar-refractivity contribution in [2.75, 3.05) is 19.0 Å². The lowest BCUT2D eigenvalue weighted by atomic mass is 9.86. The highest BCUT2D eigenvalue weighted by atomic mass is 16.5. The largest absolute Gasteiger partial charge is 0.482 e. The fourth-order valence-electron chi connectivity index (χ4n) is 2.53. The molecule has 0 saturated heterocycles. The minimum absolute atomic E-state index is 0.0140. The van der Waals surface area contributed by atoms with Crippen LogP contribution in [0.4, 0.5) is 5.69 Å². The van der Waals surface area contributed by atoms with Crippen LogP contribution in [-0.2, 0) is 4.79 Å². The molecule has 2 aliphatic rings. The van der Waals surface area contributed by atoms with E-state index in [4.69, 9.17) is 10.5 Å². The molecule has 0 bridgehead atoms. The number of hydrogen-bond donors (Lipinski definition) is 2. The first-order valence-corrected chi connectivity index (χ1v) is 6.64. The van der Waals surface area contributed by atoms with Crippen molar-refractivity contribution in [1.82, 2.24) is 4.90 Å². The van der Waals surface area contributed by atoms with Gasteiger partial charge >= 0.3 is 0 Å². The summed E-state index contributed by atoms with van der Waals surface area (Å²) in [7, 11) is 1.79. The Morgan fingerprint density at radius 2 is 2.20 bits per heavy atom. The second-order valence-corrected chi connectivity index (χ2v) is 5.35. The predicted octanol–water partition coefficient (Wildman–Crippen LogP) is 0.579. The number of ether oxygens (including phenoxy) is 1. The maximum Gasteiger partial charge on any atom is 0.262 e. The molecule has 3 N–H and O–H groups in total. The van der Waals surface area contributed by atoms with Crippen molar-refractivity contribution in [2.24, 2.45) is 5.73 Å². The Morgan fingerprint density at radius 3 is 2.90 bits per heavy atom. The number of nitrogens with one attached hydrogen (secondary N) is 1. The number of benzene rings is 1. The topological polar surface area (TPSA) is 84.7 Å². The van der Waals surface area contributed by atoms with Gasteiger partial charge in [-0.05, 0) is 31.0 Å². The van der Waals surface area contributed by atoms with Crippen LogP contribution in [0.15, 0.2) is 18.2 Å². The van der Waals surface area contributed by atoms with Crippen LogP contribution in [0.2, 0.25) is 0 Å². The van der Waals surface area contributed by atoms with Gasteiger partial charge in [0.25, 0.3) is 11.8 Å². The van der Waals surface area contributed by atoms with Gasteiger partial charge in [0, 0.05) is 24.7 Å². The minimum Gasteiger partial charge on any atom is -0.482 e. The summed E-state index contributed by atoms with van der Waals surface area (Å²) in [5.41, 5.74) is 6.84. The zero-order valence-electron chi connectivity index (χ0n) is 11.3. The second kappa shape index (κ2) is 4.79. The van der Waals surface area contributed by atoms with Gasteiger partial charge in [0.1, 0.15) is 5.75 Å². The van der Waals surface area contributed by atoms with Crippen LogP contribution in [0.25, 0.3) is 0 Å². The quantitative estimate of drug-likeness (QED) is 0.827. The van der Waals surface area contributed by atoms with Crippen LogP contribution in [0.5, 0.6) is 5.75 Å². The molecule has 1 aromatic carbocycles. The molecule has 3 rings (SSSR count). The predicted molar refractivity (Wildman–Crippen MR) is 73.7 cm³/mol. The third-order valence-corrected chi connectivity index (χ3v) is 3.88. The number of carbonyl (C=O) groups excluding carboxylic acids is 2. The standard InChI is InChI=1S/C14H17N3O3/c1-17(10-5-9(15)6-10)14(19)8-2-3-12-11(4-8)16-13(18)7-20-12/h2-4,9-10H,5-7,15H2,1H3,(H,16,18). The summed E-state index contributed by atoms with van der Waals surface area (Å²) in [4.78, 5) is 25.4. The fraction of sp³-hybridized carbons (Fsp3) is 0.429. The van der Waals surface area contributed by atoms with E-state index in [9.17, 15) is 9.59 Å². The van der Waals surface area contributed by atoms with E-state index >= 15 is 0 Å². The van der Waals surface area contributed by atoms with Crippen molar-refractivity contribution in [3.8, 4) is 5.75 Å². The molecule has 0 radical (unpaired) electrons. The zero-order chi connectivity index (χ0) is 14.3. The van der Waals surface area contributed by atoms with Crippen molar-refractivity contribution in [2.45, 2.75) is 24.9 Å². The van der Waals surface area contributed by atoms with Gasteiger partial charge in [0.15, 0.2) is 6.61 Å². The van der Waals surface area contributed by atoms with E-state index in [1.807, 2.05) is 0 Å². The number of rotatable bonds is 2. The average Bonchev–Trinajstić information content (AvgIpc) is 2.41. The van der Waals surface area contributed by atoms with Gasteiger partial charge in [-0.3, -0.25) is 9.59 Å². The Hall–Kier alpha value is -2.08. The van der Waals surface area contributed by atoms with Crippen molar-refractivity contribution >= 4 is 17.5 Å². The molecule has 6 heteroatoms. The Labute approximate surface area is 116 Å². The van der Waals surface area contributed by atoms with Crippen LogP contribution in [0.3, 0.4) is 0 Å². The molecular weight excluding hydrogens is 258 g/mol. The van der Waals surface area contributed by atoms with E-state index in [-0.39, 0.29) is 30.5 Å². The van der Waals surface area contributed by atoms with Crippen molar-refractivity contribution in [3.63, 3.8) is 0 Å². The smallest absolute Gasteiger partial charge is 0.262 e. The zero-order valence-corrected chi connectivity index (χ0v) is 11.3. The van der Waals surface area contributed by atoms with Crippen molar-refractivity contribution in [1.29, 1.82) is 0 Å². The van der Waals surface area contributed by atoms with Crippen molar-refractivity contribution < 1.29 is 14.3 Å². The molecule has 1 heterocycles. The summed E-state index contributed by atoms with van der Waals surface area (Å²) < 4.78 is 5.27. The van der Waals surface area contributed by atoms with E-state index < -0.39 is 0 Å². The third kappa shape index (κ3) is 2.22. The van der Waals surface area contributed by atoms with Crippen LogP contribution in [0.1, 0.15) is 23.2 Å². The van der Waals surface area contributed by atoms with E-state index in [1.165, 1.54) is 0 Å². The highest BCUT2D eigenvalue weighted by molar-refractivity contribution is 5.99. The summed E-state index contributed by atoms with van der Waals surface area (Å²) >= 11 is 0. The lowest BCUT2D eigenvalue weighted by molar-refractivity contribution is -0.118. The van der Waals surface area contributed by atoms with Gasteiger partial charge in [-0.25, -0.2) is 0 Å². The van der Waals surface area contributed by atoms with E-state index in [1.54, 1.807) is 30.1 Å². The minimum atomic E-state index is -0.208. The van der Waals surface area contributed by atoms with E-state index in [0.717, 1.165) is 12.8 Å². The van der Waals surface area contributed by atoms with Crippen molar-refractivity contribution in [3.05, 3.63) is 23.8 Å². The molecule has 1 saturated carbocycles. The van der Waals surface area contributed by atoms with Gasteiger partial charge in [0.2, 0.25) is 0 Å². The molecule has 20 heavy (non-hydrogen) atoms. The molecule has 1 aliphatic heterocycles. The van der Waals surface area contributed by atoms with Gasteiger partial charge < -0.3 is 20.7 Å². The van der Waals surface area contributed by atoms with Gasteiger partial charge in [-0.1, -0.05) is 0 Å². The van der Waals surface area contributed by atoms with Crippen LogP contribution >= 0.6 is 0 Å². The number of amides is 2. The maximum atomic E-state index is 12.4. The lowest BCUT2D eigenvalue weighted by Crippen LogP contribution is -2.51. The number of fused-ring (bicyclic) bond motifs is 1. The number of nitrogens with zero attached hydrogens (tertiary/aromatic N) is 1. The molecule has 1 fully saturated rings. The molecule has 0 unspecified atom stereocenters. The maximum absolute atomic E-state index is 12.4. The number of hydrogen-bond acceptors (Lipinski definition) is 4. The Balaban J connectivity index is 1.78. The van der Waals surface area contributed by atoms with Gasteiger partial charge in [-0.2, -0.15) is 0 Å². The first kappa shape index (κ1) is 12.9. The summed E-state index contributed by atoms with van der Waals surface area (Å²) in [5.74, 6) is 0.319. The first-order chi connectivity index (χ1) is 9.54. The van der Waals surface area contributed by atoms with Crippen LogP contribution in [0, 0.1) is 0 Å². The Bertz CT molecular complexity index is 567. The number of nitrogens with two attached hydrogens (primary N) is 1. The first-order valence-electron chi connectivity index (χ1n) is 6.64. The molecule has 0 aromatic heterocycles. The lowest BCUT2D eigenvalue weighted by Gasteiger charge is -2.39. The van der Waals surface area contributed by atoms with E-state index in [2.05, 4.69) is 5.32 Å². The normalized spacial score (nSPS) is 24.0. The molecular formula is C14H17N3O3. The summed E-state index contributed by atoms with van der Waals surface area (Å²) in [6.45, 7) is 0.0140. The Kier molecular flexibility index (Phi) is 3.10. The monoisotopic (exact) mass is 275 g/mol. The molecule has 6 nitrogen and oxygen atoms in total. The highest BCUT2D eigenvalue weighted by Crippen LogP contribution is 2.30. The summed E-state index contributed by atoms with van der Waals surface area (Å²) in [6, 6.07) is 5.49. The summed E-state index contributed by atoms with van der Waals surface area (Å²) in [6.07, 6.45) is 1.68. The molecule has 106 valence electrons. The van der Waals surface area contributed by atoms with Gasteiger partial charge in [-0.15, -0.1) is 0 Å². The van der Waals surface area contributed by atoms with Gasteiger partial charge in [0.05, 0.1) is 5.69 Å². The van der Waals surface area contributed by atoms with Crippen LogP contribution < -0.4 is 15.8 Å². The number of carbonyl (C=O) groups is 2. The Morgan fingerprint density at radius 1 is 1.45 bits per heavy atom. The van der Waals surface area contributed by atoms with E-state index in [0.29, 0.717) is 17.0 Å². The molecule has 1 aromatic rings. The molecule has 0 spiro atoms. The average molecular weight is 275 g/mol. The summed E-state index contributed by atoms with van der Waals surface area (Å²) in [5, 5.41) is 2.70. The molecule has 1 aliphatic carbocycles. The third-order valence-electron chi connectivity index (χ3n) is 3.88. The van der Waals surface area contributed by atoms with Crippen LogP contribution in [-0.4, -0.2) is 42.5 Å². The number of anilines is 1.